The number of esters is 1. The molecule has 0 saturated carbocycles. The molecule has 1 heterocycles. The number of cyclic esters (lactones) is 1. The standard InChI is InChI=1S/C8H12O4/c1-8(3-2-4-9)6(10)5-7(11)12-8/h4,6,10H,2-3,5H2,1H3. The Morgan fingerprint density at radius 3 is 2.92 bits per heavy atom. The molecule has 0 bridgehead atoms. The topological polar surface area (TPSA) is 63.6 Å². The first kappa shape index (κ1) is 9.19. The molecule has 4 heteroatoms. The van der Waals surface area contributed by atoms with Crippen molar-refractivity contribution < 1.29 is 19.4 Å². The van der Waals surface area contributed by atoms with Crippen molar-refractivity contribution in [3.63, 3.8) is 0 Å². The summed E-state index contributed by atoms with van der Waals surface area (Å²) in [4.78, 5) is 20.8. The largest absolute Gasteiger partial charge is 0.456 e. The summed E-state index contributed by atoms with van der Waals surface area (Å²) in [5.74, 6) is -0.393. The Hall–Kier alpha value is -0.900. The lowest BCUT2D eigenvalue weighted by molar-refractivity contribution is -0.150. The third-order valence-corrected chi connectivity index (χ3v) is 2.17. The Morgan fingerprint density at radius 2 is 2.50 bits per heavy atom. The van der Waals surface area contributed by atoms with Gasteiger partial charge in [-0.05, 0) is 13.3 Å². The average Bonchev–Trinajstić information content (AvgIpc) is 2.23. The maximum Gasteiger partial charge on any atom is 0.309 e. The van der Waals surface area contributed by atoms with Crippen molar-refractivity contribution in [1.82, 2.24) is 0 Å². The molecule has 1 rings (SSSR count). The van der Waals surface area contributed by atoms with Gasteiger partial charge in [0.25, 0.3) is 0 Å². The minimum absolute atomic E-state index is 0.0371. The number of aliphatic hydroxyl groups excluding tert-OH is 1. The second kappa shape index (κ2) is 3.23. The number of carbonyl (C=O) groups is 2. The Bertz CT molecular complexity index is 201. The van der Waals surface area contributed by atoms with Crippen LogP contribution >= 0.6 is 0 Å². The molecule has 4 nitrogen and oxygen atoms in total. The highest BCUT2D eigenvalue weighted by molar-refractivity contribution is 5.73. The van der Waals surface area contributed by atoms with Crippen LogP contribution in [-0.2, 0) is 14.3 Å². The van der Waals surface area contributed by atoms with Gasteiger partial charge in [-0.25, -0.2) is 0 Å². The van der Waals surface area contributed by atoms with Crippen LogP contribution in [0.4, 0.5) is 0 Å². The molecule has 2 atom stereocenters. The third kappa shape index (κ3) is 1.64. The maximum atomic E-state index is 10.8. The summed E-state index contributed by atoms with van der Waals surface area (Å²) in [6.45, 7) is 1.64. The lowest BCUT2D eigenvalue weighted by atomic mass is 9.94. The first-order valence-electron chi connectivity index (χ1n) is 3.92. The second-order valence-electron chi connectivity index (χ2n) is 3.21. The molecular formula is C8H12O4. The fourth-order valence-corrected chi connectivity index (χ4v) is 1.31. The van der Waals surface area contributed by atoms with E-state index in [9.17, 15) is 14.7 Å². The van der Waals surface area contributed by atoms with E-state index in [1.54, 1.807) is 6.92 Å². The zero-order valence-corrected chi connectivity index (χ0v) is 6.95. The average molecular weight is 172 g/mol. The van der Waals surface area contributed by atoms with Crippen molar-refractivity contribution in [2.75, 3.05) is 0 Å². The Kier molecular flexibility index (Phi) is 2.47. The normalized spacial score (nSPS) is 34.8. The van der Waals surface area contributed by atoms with Crippen LogP contribution in [0.3, 0.4) is 0 Å². The summed E-state index contributed by atoms with van der Waals surface area (Å²) < 4.78 is 4.92. The van der Waals surface area contributed by atoms with Crippen LogP contribution in [0.1, 0.15) is 26.2 Å². The van der Waals surface area contributed by atoms with E-state index in [0.29, 0.717) is 12.8 Å². The van der Waals surface area contributed by atoms with Gasteiger partial charge in [-0.2, -0.15) is 0 Å². The molecule has 0 radical (unpaired) electrons. The quantitative estimate of drug-likeness (QED) is 0.482. The predicted molar refractivity (Wildman–Crippen MR) is 40.4 cm³/mol. The molecule has 0 amide bonds. The highest BCUT2D eigenvalue weighted by Crippen LogP contribution is 2.30. The summed E-state index contributed by atoms with van der Waals surface area (Å²) in [6.07, 6.45) is 0.717. The fraction of sp³-hybridized carbons (Fsp3) is 0.750. The van der Waals surface area contributed by atoms with E-state index < -0.39 is 17.7 Å². The fourth-order valence-electron chi connectivity index (χ4n) is 1.31. The van der Waals surface area contributed by atoms with Crippen LogP contribution in [0, 0.1) is 0 Å². The van der Waals surface area contributed by atoms with Gasteiger partial charge in [0.15, 0.2) is 0 Å². The molecule has 1 N–H and O–H groups in total. The van der Waals surface area contributed by atoms with Crippen LogP contribution in [0.25, 0.3) is 0 Å². The van der Waals surface area contributed by atoms with E-state index in [-0.39, 0.29) is 6.42 Å². The van der Waals surface area contributed by atoms with E-state index in [4.69, 9.17) is 4.74 Å². The maximum absolute atomic E-state index is 10.8. The summed E-state index contributed by atoms with van der Waals surface area (Å²) in [5, 5.41) is 9.38. The lowest BCUT2D eigenvalue weighted by Crippen LogP contribution is -2.35. The molecule has 1 saturated heterocycles. The summed E-state index contributed by atoms with van der Waals surface area (Å²) in [5.41, 5.74) is -0.849. The molecule has 0 aromatic heterocycles. The Morgan fingerprint density at radius 1 is 1.83 bits per heavy atom. The summed E-state index contributed by atoms with van der Waals surface area (Å²) >= 11 is 0. The van der Waals surface area contributed by atoms with Gasteiger partial charge in [-0.1, -0.05) is 0 Å². The van der Waals surface area contributed by atoms with Gasteiger partial charge >= 0.3 is 5.97 Å². The van der Waals surface area contributed by atoms with Gasteiger partial charge in [-0.15, -0.1) is 0 Å². The monoisotopic (exact) mass is 172 g/mol. The lowest BCUT2D eigenvalue weighted by Gasteiger charge is -2.24. The number of aldehydes is 1. The van der Waals surface area contributed by atoms with Crippen LogP contribution in [0.5, 0.6) is 0 Å². The number of aliphatic hydroxyl groups is 1. The molecule has 1 aliphatic rings. The van der Waals surface area contributed by atoms with Gasteiger partial charge in [0.05, 0.1) is 6.42 Å². The third-order valence-electron chi connectivity index (χ3n) is 2.17. The molecule has 2 unspecified atom stereocenters. The minimum Gasteiger partial charge on any atom is -0.456 e. The molecule has 68 valence electrons. The Balaban J connectivity index is 2.57. The molecule has 0 spiro atoms. The summed E-state index contributed by atoms with van der Waals surface area (Å²) in [7, 11) is 0. The van der Waals surface area contributed by atoms with E-state index in [2.05, 4.69) is 0 Å². The predicted octanol–water partition coefficient (Wildman–Crippen LogP) is 0.0320. The van der Waals surface area contributed by atoms with Crippen molar-refractivity contribution in [2.24, 2.45) is 0 Å². The van der Waals surface area contributed by atoms with Crippen molar-refractivity contribution in [3.05, 3.63) is 0 Å². The number of hydrogen-bond donors (Lipinski definition) is 1. The zero-order valence-electron chi connectivity index (χ0n) is 6.95. The van der Waals surface area contributed by atoms with E-state index in [0.717, 1.165) is 6.29 Å². The molecule has 0 aromatic carbocycles. The minimum atomic E-state index is -0.849. The van der Waals surface area contributed by atoms with Crippen LogP contribution in [-0.4, -0.2) is 29.1 Å². The highest BCUT2D eigenvalue weighted by Gasteiger charge is 2.43. The number of ether oxygens (including phenoxy) is 1. The van der Waals surface area contributed by atoms with Gasteiger partial charge in [0, 0.05) is 6.42 Å². The number of hydrogen-bond acceptors (Lipinski definition) is 4. The molecule has 0 aromatic rings. The molecule has 0 aliphatic carbocycles. The molecule has 1 aliphatic heterocycles. The van der Waals surface area contributed by atoms with Crippen molar-refractivity contribution >= 4 is 12.3 Å². The smallest absolute Gasteiger partial charge is 0.309 e. The first-order valence-corrected chi connectivity index (χ1v) is 3.92. The van der Waals surface area contributed by atoms with Crippen molar-refractivity contribution in [2.45, 2.75) is 37.9 Å². The molecule has 12 heavy (non-hydrogen) atoms. The Labute approximate surface area is 70.5 Å². The van der Waals surface area contributed by atoms with Crippen LogP contribution in [0.2, 0.25) is 0 Å². The van der Waals surface area contributed by atoms with Gasteiger partial charge in [0.2, 0.25) is 0 Å². The first-order chi connectivity index (χ1) is 5.58. The van der Waals surface area contributed by atoms with Gasteiger partial charge in [-0.3, -0.25) is 4.79 Å². The van der Waals surface area contributed by atoms with Crippen molar-refractivity contribution in [1.29, 1.82) is 0 Å². The van der Waals surface area contributed by atoms with Gasteiger partial charge in [0.1, 0.15) is 18.0 Å². The SMILES string of the molecule is CC1(CCC=O)OC(=O)CC1O. The van der Waals surface area contributed by atoms with E-state index in [1.807, 2.05) is 0 Å². The summed E-state index contributed by atoms with van der Waals surface area (Å²) in [6, 6.07) is 0. The van der Waals surface area contributed by atoms with Gasteiger partial charge < -0.3 is 14.6 Å². The van der Waals surface area contributed by atoms with E-state index >= 15 is 0 Å². The second-order valence-corrected chi connectivity index (χ2v) is 3.21. The van der Waals surface area contributed by atoms with Crippen LogP contribution < -0.4 is 0 Å². The number of rotatable bonds is 3. The highest BCUT2D eigenvalue weighted by atomic mass is 16.6. The van der Waals surface area contributed by atoms with Crippen molar-refractivity contribution in [3.8, 4) is 0 Å². The molecule has 1 fully saturated rings. The van der Waals surface area contributed by atoms with Crippen LogP contribution in [0.15, 0.2) is 0 Å². The zero-order chi connectivity index (χ0) is 9.19. The number of carbonyl (C=O) groups excluding carboxylic acids is 2. The molecular weight excluding hydrogens is 160 g/mol. The van der Waals surface area contributed by atoms with E-state index in [1.165, 1.54) is 0 Å².